The maximum Gasteiger partial charge on any atom is 0.471 e. The molecule has 0 aliphatic carbocycles. The summed E-state index contributed by atoms with van der Waals surface area (Å²) in [6.45, 7) is 1.66. The van der Waals surface area contributed by atoms with Crippen molar-refractivity contribution in [1.29, 1.82) is 0 Å². The van der Waals surface area contributed by atoms with Gasteiger partial charge >= 0.3 is 18.2 Å². The average Bonchev–Trinajstić information content (AvgIpc) is 2.99. The van der Waals surface area contributed by atoms with Gasteiger partial charge in [-0.25, -0.2) is 4.79 Å². The fourth-order valence-electron chi connectivity index (χ4n) is 2.85. The van der Waals surface area contributed by atoms with E-state index < -0.39 is 30.8 Å². The lowest BCUT2D eigenvalue weighted by atomic mass is 10.2. The van der Waals surface area contributed by atoms with E-state index in [1.807, 2.05) is 6.92 Å². The van der Waals surface area contributed by atoms with E-state index in [1.165, 1.54) is 4.90 Å². The Morgan fingerprint density at radius 1 is 1.33 bits per heavy atom. The highest BCUT2D eigenvalue weighted by Gasteiger charge is 2.40. The number of cyclic esters (lactones) is 1. The number of benzene rings is 1. The number of likely N-dealkylation sites (N-methyl/N-ethyl adjacent to an activating group) is 1. The zero-order valence-corrected chi connectivity index (χ0v) is 14.2. The Hall–Kier alpha value is -2.98. The van der Waals surface area contributed by atoms with Crippen LogP contribution < -0.4 is 19.9 Å². The molecule has 11 heteroatoms. The summed E-state index contributed by atoms with van der Waals surface area (Å²) in [5.41, 5.74) is 0.979. The molecule has 146 valence electrons. The zero-order valence-electron chi connectivity index (χ0n) is 14.2. The van der Waals surface area contributed by atoms with Gasteiger partial charge in [-0.1, -0.05) is 0 Å². The maximum absolute atomic E-state index is 12.2. The van der Waals surface area contributed by atoms with E-state index in [2.05, 4.69) is 0 Å². The van der Waals surface area contributed by atoms with Gasteiger partial charge in [0.05, 0.1) is 24.5 Å². The second-order valence-corrected chi connectivity index (χ2v) is 5.90. The first-order valence-electron chi connectivity index (χ1n) is 8.11. The molecule has 0 radical (unpaired) electrons. The van der Waals surface area contributed by atoms with Crippen LogP contribution in [0.1, 0.15) is 6.92 Å². The molecule has 1 atom stereocenters. The van der Waals surface area contributed by atoms with Crippen LogP contribution in [-0.2, 0) is 14.3 Å². The van der Waals surface area contributed by atoms with E-state index in [1.54, 1.807) is 28.4 Å². The quantitative estimate of drug-likeness (QED) is 0.845. The molecule has 1 saturated heterocycles. The fourth-order valence-corrected chi connectivity index (χ4v) is 2.85. The van der Waals surface area contributed by atoms with Crippen molar-refractivity contribution in [3.05, 3.63) is 18.2 Å². The highest BCUT2D eigenvalue weighted by molar-refractivity contribution is 5.99. The molecule has 2 aliphatic heterocycles. The molecule has 0 unspecified atom stereocenters. The number of hydrogen-bond donors (Lipinski definition) is 1. The molecule has 0 saturated carbocycles. The predicted molar refractivity (Wildman–Crippen MR) is 86.6 cm³/mol. The smallest absolute Gasteiger partial charge is 0.471 e. The SMILES string of the molecule is CCN1C(=O)COc2cc(N3C[C@H](CNC(=O)C(F)(F)F)OC3=O)ccc21. The third-order valence-corrected chi connectivity index (χ3v) is 4.14. The van der Waals surface area contributed by atoms with E-state index in [9.17, 15) is 27.6 Å². The normalized spacial score (nSPS) is 19.5. The minimum absolute atomic E-state index is 0.0355. The fraction of sp³-hybridized carbons (Fsp3) is 0.438. The van der Waals surface area contributed by atoms with Gasteiger partial charge in [0.1, 0.15) is 11.9 Å². The molecule has 2 heterocycles. The number of carbonyl (C=O) groups excluding carboxylic acids is 3. The number of halogens is 3. The molecular weight excluding hydrogens is 371 g/mol. The van der Waals surface area contributed by atoms with Crippen molar-refractivity contribution in [1.82, 2.24) is 5.32 Å². The van der Waals surface area contributed by atoms with Crippen LogP contribution in [0.5, 0.6) is 5.75 Å². The number of ether oxygens (including phenoxy) is 2. The van der Waals surface area contributed by atoms with Crippen LogP contribution >= 0.6 is 0 Å². The molecular formula is C16H16F3N3O5. The highest BCUT2D eigenvalue weighted by Crippen LogP contribution is 2.36. The molecule has 1 N–H and O–H groups in total. The molecule has 1 aromatic carbocycles. The molecule has 27 heavy (non-hydrogen) atoms. The first-order valence-corrected chi connectivity index (χ1v) is 8.11. The molecule has 3 amide bonds. The van der Waals surface area contributed by atoms with Crippen molar-refractivity contribution in [3.63, 3.8) is 0 Å². The van der Waals surface area contributed by atoms with Gasteiger partial charge in [0, 0.05) is 12.6 Å². The van der Waals surface area contributed by atoms with Crippen molar-refractivity contribution in [2.45, 2.75) is 19.2 Å². The Morgan fingerprint density at radius 2 is 2.07 bits per heavy atom. The lowest BCUT2D eigenvalue weighted by molar-refractivity contribution is -0.173. The number of fused-ring (bicyclic) bond motifs is 1. The minimum atomic E-state index is -5.00. The van der Waals surface area contributed by atoms with Crippen LogP contribution in [-0.4, -0.2) is 56.4 Å². The summed E-state index contributed by atoms with van der Waals surface area (Å²) >= 11 is 0. The van der Waals surface area contributed by atoms with E-state index in [-0.39, 0.29) is 19.1 Å². The Morgan fingerprint density at radius 3 is 2.74 bits per heavy atom. The van der Waals surface area contributed by atoms with Crippen LogP contribution in [0.4, 0.5) is 29.3 Å². The molecule has 0 bridgehead atoms. The number of carbonyl (C=O) groups is 3. The summed E-state index contributed by atoms with van der Waals surface area (Å²) in [5, 5.41) is 1.69. The topological polar surface area (TPSA) is 88.2 Å². The van der Waals surface area contributed by atoms with Gasteiger partial charge in [0.15, 0.2) is 6.61 Å². The van der Waals surface area contributed by atoms with Gasteiger partial charge in [-0.05, 0) is 19.1 Å². The van der Waals surface area contributed by atoms with E-state index in [0.29, 0.717) is 23.7 Å². The standard InChI is InChI=1S/C16H16F3N3O5/c1-2-21-11-4-3-9(5-12(11)26-8-13(21)23)22-7-10(27-15(22)25)6-20-14(24)16(17,18)19/h3-5,10H,2,6-8H2,1H3,(H,20,24)/t10-/m0/s1. The average molecular weight is 387 g/mol. The summed E-state index contributed by atoms with van der Waals surface area (Å²) in [5.74, 6) is -1.86. The highest BCUT2D eigenvalue weighted by atomic mass is 19.4. The number of nitrogens with zero attached hydrogens (tertiary/aromatic N) is 2. The Balaban J connectivity index is 1.70. The zero-order chi connectivity index (χ0) is 19.8. The van der Waals surface area contributed by atoms with Crippen molar-refractivity contribution in [2.75, 3.05) is 36.0 Å². The number of anilines is 2. The van der Waals surface area contributed by atoms with Gasteiger partial charge in [-0.15, -0.1) is 0 Å². The van der Waals surface area contributed by atoms with Crippen molar-refractivity contribution >= 4 is 29.3 Å². The number of alkyl halides is 3. The Bertz CT molecular complexity index is 783. The number of rotatable bonds is 4. The molecule has 0 aromatic heterocycles. The summed E-state index contributed by atoms with van der Waals surface area (Å²) in [7, 11) is 0. The van der Waals surface area contributed by atoms with Gasteiger partial charge in [-0.2, -0.15) is 13.2 Å². The Labute approximate surface area is 151 Å². The van der Waals surface area contributed by atoms with Crippen LogP contribution in [0, 0.1) is 0 Å². The molecule has 1 fully saturated rings. The Kier molecular flexibility index (Phi) is 4.85. The third-order valence-electron chi connectivity index (χ3n) is 4.14. The minimum Gasteiger partial charge on any atom is -0.481 e. The summed E-state index contributed by atoms with van der Waals surface area (Å²) in [6.07, 6.45) is -6.67. The van der Waals surface area contributed by atoms with Gasteiger partial charge in [-0.3, -0.25) is 14.5 Å². The van der Waals surface area contributed by atoms with Gasteiger partial charge in [0.25, 0.3) is 5.91 Å². The monoisotopic (exact) mass is 387 g/mol. The summed E-state index contributed by atoms with van der Waals surface area (Å²) in [6, 6.07) is 4.76. The van der Waals surface area contributed by atoms with Gasteiger partial charge in [0.2, 0.25) is 0 Å². The van der Waals surface area contributed by atoms with Crippen LogP contribution in [0.15, 0.2) is 18.2 Å². The lowest BCUT2D eigenvalue weighted by Gasteiger charge is -2.29. The molecule has 2 aliphatic rings. The first-order chi connectivity index (χ1) is 12.7. The number of amides is 3. The second-order valence-electron chi connectivity index (χ2n) is 5.90. The maximum atomic E-state index is 12.2. The van der Waals surface area contributed by atoms with Gasteiger partial charge < -0.3 is 19.7 Å². The largest absolute Gasteiger partial charge is 0.481 e. The molecule has 3 rings (SSSR count). The third kappa shape index (κ3) is 3.76. The van der Waals surface area contributed by atoms with Crippen molar-refractivity contribution in [3.8, 4) is 5.75 Å². The second kappa shape index (κ2) is 6.97. The van der Waals surface area contributed by atoms with E-state index >= 15 is 0 Å². The predicted octanol–water partition coefficient (Wildman–Crippen LogP) is 1.44. The van der Waals surface area contributed by atoms with Crippen LogP contribution in [0.2, 0.25) is 0 Å². The van der Waals surface area contributed by atoms with Crippen LogP contribution in [0.3, 0.4) is 0 Å². The number of nitrogens with one attached hydrogen (secondary N) is 1. The molecule has 8 nitrogen and oxygen atoms in total. The molecule has 1 aromatic rings. The summed E-state index contributed by atoms with van der Waals surface area (Å²) < 4.78 is 47.0. The van der Waals surface area contributed by atoms with E-state index in [0.717, 1.165) is 0 Å². The summed E-state index contributed by atoms with van der Waals surface area (Å²) in [4.78, 5) is 37.5. The molecule has 0 spiro atoms. The van der Waals surface area contributed by atoms with E-state index in [4.69, 9.17) is 9.47 Å². The van der Waals surface area contributed by atoms with Crippen molar-refractivity contribution in [2.24, 2.45) is 0 Å². The first kappa shape index (κ1) is 18.8. The van der Waals surface area contributed by atoms with Crippen molar-refractivity contribution < 1.29 is 37.0 Å². The number of hydrogen-bond acceptors (Lipinski definition) is 5. The van der Waals surface area contributed by atoms with Crippen LogP contribution in [0.25, 0.3) is 0 Å². The lowest BCUT2D eigenvalue weighted by Crippen LogP contribution is -2.41.